The molecule has 0 unspecified atom stereocenters. The summed E-state index contributed by atoms with van der Waals surface area (Å²) in [6.45, 7) is 0.173. The molecule has 0 aliphatic heterocycles. The fourth-order valence-corrected chi connectivity index (χ4v) is 1.38. The van der Waals surface area contributed by atoms with Gasteiger partial charge in [-0.3, -0.25) is 4.79 Å². The summed E-state index contributed by atoms with van der Waals surface area (Å²) in [5, 5.41) is 16.0. The molecule has 1 heterocycles. The van der Waals surface area contributed by atoms with Crippen molar-refractivity contribution in [3.63, 3.8) is 0 Å². The summed E-state index contributed by atoms with van der Waals surface area (Å²) < 4.78 is 1.52. The van der Waals surface area contributed by atoms with Crippen LogP contribution in [0.3, 0.4) is 0 Å². The van der Waals surface area contributed by atoms with Crippen LogP contribution in [0.15, 0.2) is 0 Å². The minimum atomic E-state index is 0.173. The van der Waals surface area contributed by atoms with E-state index >= 15 is 0 Å². The highest BCUT2D eigenvalue weighted by Crippen LogP contribution is 2.40. The summed E-state index contributed by atoms with van der Waals surface area (Å²) in [5.41, 5.74) is 1.22. The van der Waals surface area contributed by atoms with Gasteiger partial charge in [0.25, 0.3) is 0 Å². The van der Waals surface area contributed by atoms with E-state index in [1.54, 1.807) is 0 Å². The minimum Gasteiger partial charge on any atom is -0.296 e. The van der Waals surface area contributed by atoms with Gasteiger partial charge in [-0.1, -0.05) is 5.21 Å². The Morgan fingerprint density at radius 1 is 1.69 bits per heavy atom. The van der Waals surface area contributed by atoms with Gasteiger partial charge in [0.1, 0.15) is 12.2 Å². The van der Waals surface area contributed by atoms with E-state index < -0.39 is 0 Å². The molecule has 0 saturated heterocycles. The number of nitrogens with zero attached hydrogens (tertiary/aromatic N) is 4. The highest BCUT2D eigenvalue weighted by atomic mass is 16.1. The molecule has 1 saturated carbocycles. The lowest BCUT2D eigenvalue weighted by Crippen LogP contribution is -2.03. The first-order valence-electron chi connectivity index (χ1n) is 4.12. The summed E-state index contributed by atoms with van der Waals surface area (Å²) in [4.78, 5) is 10.6. The minimum absolute atomic E-state index is 0.173. The second kappa shape index (κ2) is 2.98. The molecule has 1 fully saturated rings. The molecule has 13 heavy (non-hydrogen) atoms. The van der Waals surface area contributed by atoms with Gasteiger partial charge in [-0.05, 0) is 12.8 Å². The summed E-state index contributed by atoms with van der Waals surface area (Å²) in [6, 6.07) is 1.99. The number of carbonyl (C=O) groups excluding carboxylic acids is 1. The van der Waals surface area contributed by atoms with Crippen LogP contribution in [0.1, 0.15) is 34.9 Å². The van der Waals surface area contributed by atoms with Crippen LogP contribution in [0.2, 0.25) is 0 Å². The molecular weight excluding hydrogens is 168 g/mol. The molecule has 5 heteroatoms. The van der Waals surface area contributed by atoms with Crippen molar-refractivity contribution in [2.45, 2.75) is 25.3 Å². The number of aldehydes is 1. The van der Waals surface area contributed by atoms with Gasteiger partial charge in [0, 0.05) is 5.92 Å². The van der Waals surface area contributed by atoms with Crippen molar-refractivity contribution < 1.29 is 4.79 Å². The quantitative estimate of drug-likeness (QED) is 0.628. The third-order valence-corrected chi connectivity index (χ3v) is 2.10. The van der Waals surface area contributed by atoms with Gasteiger partial charge in [-0.2, -0.15) is 5.26 Å². The normalized spacial score (nSPS) is 15.3. The van der Waals surface area contributed by atoms with E-state index in [1.807, 2.05) is 6.07 Å². The molecule has 66 valence electrons. The number of nitriles is 1. The Morgan fingerprint density at radius 3 is 3.00 bits per heavy atom. The molecule has 5 nitrogen and oxygen atoms in total. The fourth-order valence-electron chi connectivity index (χ4n) is 1.38. The van der Waals surface area contributed by atoms with Crippen molar-refractivity contribution >= 4 is 6.29 Å². The van der Waals surface area contributed by atoms with Gasteiger partial charge < -0.3 is 0 Å². The summed E-state index contributed by atoms with van der Waals surface area (Å²) >= 11 is 0. The van der Waals surface area contributed by atoms with Crippen molar-refractivity contribution in [2.75, 3.05) is 0 Å². The lowest BCUT2D eigenvalue weighted by molar-refractivity contribution is 0.111. The Morgan fingerprint density at radius 2 is 2.46 bits per heavy atom. The Kier molecular flexibility index (Phi) is 1.81. The third kappa shape index (κ3) is 1.31. The van der Waals surface area contributed by atoms with E-state index in [4.69, 9.17) is 5.26 Å². The monoisotopic (exact) mass is 176 g/mol. The van der Waals surface area contributed by atoms with E-state index in [1.165, 1.54) is 4.68 Å². The van der Waals surface area contributed by atoms with Crippen LogP contribution in [0.25, 0.3) is 0 Å². The largest absolute Gasteiger partial charge is 0.296 e. The average molecular weight is 176 g/mol. The lowest BCUT2D eigenvalue weighted by atomic mass is 10.2. The van der Waals surface area contributed by atoms with Crippen molar-refractivity contribution in [2.24, 2.45) is 0 Å². The van der Waals surface area contributed by atoms with Crippen LogP contribution in [0.5, 0.6) is 0 Å². The molecule has 0 spiro atoms. The van der Waals surface area contributed by atoms with E-state index in [2.05, 4.69) is 10.3 Å². The van der Waals surface area contributed by atoms with Crippen molar-refractivity contribution in [1.82, 2.24) is 15.0 Å². The van der Waals surface area contributed by atoms with Gasteiger partial charge in [-0.15, -0.1) is 5.10 Å². The van der Waals surface area contributed by atoms with Crippen LogP contribution in [0, 0.1) is 11.3 Å². The number of rotatable bonds is 3. The maximum Gasteiger partial charge on any atom is 0.172 e. The van der Waals surface area contributed by atoms with Gasteiger partial charge in [0.15, 0.2) is 6.29 Å². The Balaban J connectivity index is 2.39. The van der Waals surface area contributed by atoms with Crippen molar-refractivity contribution in [1.29, 1.82) is 5.26 Å². The molecule has 0 bridgehead atoms. The molecular formula is C8H8N4O. The molecule has 0 N–H and O–H groups in total. The predicted molar refractivity (Wildman–Crippen MR) is 43.0 cm³/mol. The number of hydrogen-bond acceptors (Lipinski definition) is 4. The molecule has 2 rings (SSSR count). The molecule has 0 atom stereocenters. The highest BCUT2D eigenvalue weighted by Gasteiger charge is 2.30. The van der Waals surface area contributed by atoms with Gasteiger partial charge in [-0.25, -0.2) is 4.68 Å². The van der Waals surface area contributed by atoms with Crippen LogP contribution < -0.4 is 0 Å². The summed E-state index contributed by atoms with van der Waals surface area (Å²) in [7, 11) is 0. The zero-order chi connectivity index (χ0) is 9.26. The molecule has 1 aromatic rings. The maximum atomic E-state index is 10.6. The maximum absolute atomic E-state index is 10.6. The molecule has 1 aliphatic rings. The van der Waals surface area contributed by atoms with Gasteiger partial charge in [0.05, 0.1) is 11.8 Å². The first-order chi connectivity index (χ1) is 6.36. The molecule has 0 radical (unpaired) electrons. The highest BCUT2D eigenvalue weighted by molar-refractivity contribution is 5.73. The zero-order valence-corrected chi connectivity index (χ0v) is 6.97. The smallest absolute Gasteiger partial charge is 0.172 e. The average Bonchev–Trinajstić information content (AvgIpc) is 2.89. The first kappa shape index (κ1) is 7.92. The number of carbonyl (C=O) groups is 1. The molecule has 1 aromatic heterocycles. The van der Waals surface area contributed by atoms with E-state index in [9.17, 15) is 4.79 Å². The lowest BCUT2D eigenvalue weighted by Gasteiger charge is -1.98. The molecule has 0 aromatic carbocycles. The third-order valence-electron chi connectivity index (χ3n) is 2.10. The second-order valence-corrected chi connectivity index (χ2v) is 3.07. The number of aromatic nitrogens is 3. The Labute approximate surface area is 75.0 Å². The molecule has 1 aliphatic carbocycles. The zero-order valence-electron chi connectivity index (χ0n) is 6.97. The van der Waals surface area contributed by atoms with Crippen LogP contribution in [-0.4, -0.2) is 21.3 Å². The summed E-state index contributed by atoms with van der Waals surface area (Å²) in [6.07, 6.45) is 2.84. The van der Waals surface area contributed by atoms with Crippen LogP contribution in [-0.2, 0) is 6.54 Å². The first-order valence-corrected chi connectivity index (χ1v) is 4.12. The Bertz CT molecular complexity index is 372. The van der Waals surface area contributed by atoms with Gasteiger partial charge >= 0.3 is 0 Å². The standard InChI is InChI=1S/C8H8N4O/c9-3-4-12-8(6-1-2-6)7(5-13)10-11-12/h5-6H,1-2,4H2. The fraction of sp³-hybridized carbons (Fsp3) is 0.500. The van der Waals surface area contributed by atoms with Crippen molar-refractivity contribution in [3.8, 4) is 6.07 Å². The second-order valence-electron chi connectivity index (χ2n) is 3.07. The van der Waals surface area contributed by atoms with Crippen LogP contribution in [0.4, 0.5) is 0 Å². The topological polar surface area (TPSA) is 71.6 Å². The van der Waals surface area contributed by atoms with Gasteiger partial charge in [0.2, 0.25) is 0 Å². The number of hydrogen-bond donors (Lipinski definition) is 0. The predicted octanol–water partition coefficient (Wildman–Crippen LogP) is 0.492. The van der Waals surface area contributed by atoms with Crippen LogP contribution >= 0.6 is 0 Å². The SMILES string of the molecule is N#CCn1nnc(C=O)c1C1CC1. The van der Waals surface area contributed by atoms with E-state index in [-0.39, 0.29) is 6.54 Å². The van der Waals surface area contributed by atoms with Crippen molar-refractivity contribution in [3.05, 3.63) is 11.4 Å². The van der Waals surface area contributed by atoms with E-state index in [0.717, 1.165) is 18.5 Å². The Hall–Kier alpha value is -1.70. The summed E-state index contributed by atoms with van der Waals surface area (Å²) in [5.74, 6) is 0.392. The molecule has 0 amide bonds. The van der Waals surface area contributed by atoms with E-state index in [0.29, 0.717) is 17.9 Å².